The van der Waals surface area contributed by atoms with Crippen molar-refractivity contribution >= 4 is 45.4 Å². The minimum atomic E-state index is -0.164. The SMILES string of the molecule is CC=C(C)C(=O)Nc1ccc(C)c(-c2noc(-c3sc(Nc4ccc(N5CCN(C)CC5)nc4)nc3N)n2)c1. The molecule has 0 unspecified atom stereocenters. The summed E-state index contributed by atoms with van der Waals surface area (Å²) >= 11 is 1.32. The lowest BCUT2D eigenvalue weighted by Crippen LogP contribution is -2.44. The molecule has 39 heavy (non-hydrogen) atoms. The highest BCUT2D eigenvalue weighted by Gasteiger charge is 2.20. The summed E-state index contributed by atoms with van der Waals surface area (Å²) in [4.78, 5) is 31.1. The van der Waals surface area contributed by atoms with Crippen molar-refractivity contribution < 1.29 is 9.32 Å². The standard InChI is InChI=1S/C27H31N9O2S/c1-5-16(2)25(37)30-18-7-6-17(3)20(14-18)24-33-26(38-34-24)22-23(28)32-27(39-22)31-19-8-9-21(29-15-19)36-12-10-35(4)11-13-36/h5-9,14-15H,10-13,28H2,1-4H3,(H,30,37)(H,31,32). The van der Waals surface area contributed by atoms with E-state index in [1.54, 1.807) is 19.2 Å². The van der Waals surface area contributed by atoms with Crippen LogP contribution < -0.4 is 21.3 Å². The number of aryl methyl sites for hydroxylation is 1. The first kappa shape index (κ1) is 26.3. The Morgan fingerprint density at radius 1 is 1.13 bits per heavy atom. The molecule has 3 aromatic heterocycles. The Bertz CT molecular complexity index is 1500. The number of hydrogen-bond acceptors (Lipinski definition) is 11. The molecule has 0 radical (unpaired) electrons. The van der Waals surface area contributed by atoms with Crippen molar-refractivity contribution in [2.75, 3.05) is 54.5 Å². The maximum atomic E-state index is 12.3. The summed E-state index contributed by atoms with van der Waals surface area (Å²) in [6.07, 6.45) is 3.56. The zero-order valence-electron chi connectivity index (χ0n) is 22.4. The average molecular weight is 546 g/mol. The number of likely N-dealkylation sites (N-methyl/N-ethyl adjacent to an activating group) is 1. The number of nitrogen functional groups attached to an aromatic ring is 1. The van der Waals surface area contributed by atoms with Crippen LogP contribution in [0.15, 0.2) is 52.7 Å². The maximum Gasteiger partial charge on any atom is 0.272 e. The molecular weight excluding hydrogens is 514 g/mol. The van der Waals surface area contributed by atoms with Crippen molar-refractivity contribution in [1.82, 2.24) is 25.0 Å². The second-order valence-corrected chi connectivity index (χ2v) is 10.4. The highest BCUT2D eigenvalue weighted by atomic mass is 32.1. The van der Waals surface area contributed by atoms with Crippen molar-refractivity contribution in [2.45, 2.75) is 20.8 Å². The van der Waals surface area contributed by atoms with Gasteiger partial charge in [0.05, 0.1) is 11.9 Å². The van der Waals surface area contributed by atoms with Crippen LogP contribution in [0.25, 0.3) is 22.2 Å². The van der Waals surface area contributed by atoms with Gasteiger partial charge in [-0.3, -0.25) is 4.79 Å². The molecule has 0 atom stereocenters. The summed E-state index contributed by atoms with van der Waals surface area (Å²) in [5, 5.41) is 10.9. The number of piperazine rings is 1. The molecule has 12 heteroatoms. The van der Waals surface area contributed by atoms with Crippen LogP contribution in [0.2, 0.25) is 0 Å². The van der Waals surface area contributed by atoms with Crippen molar-refractivity contribution in [3.8, 4) is 22.2 Å². The van der Waals surface area contributed by atoms with Gasteiger partial charge >= 0.3 is 0 Å². The van der Waals surface area contributed by atoms with Crippen molar-refractivity contribution in [3.63, 3.8) is 0 Å². The number of carbonyl (C=O) groups excluding carboxylic acids is 1. The Morgan fingerprint density at radius 2 is 1.90 bits per heavy atom. The van der Waals surface area contributed by atoms with E-state index >= 15 is 0 Å². The number of hydrogen-bond donors (Lipinski definition) is 3. The predicted octanol–water partition coefficient (Wildman–Crippen LogP) is 4.55. The maximum absolute atomic E-state index is 12.3. The van der Waals surface area contributed by atoms with Gasteiger partial charge in [-0.25, -0.2) is 9.97 Å². The van der Waals surface area contributed by atoms with Crippen LogP contribution >= 0.6 is 11.3 Å². The Balaban J connectivity index is 1.30. The van der Waals surface area contributed by atoms with E-state index < -0.39 is 0 Å². The molecule has 1 aromatic carbocycles. The van der Waals surface area contributed by atoms with E-state index in [-0.39, 0.29) is 11.8 Å². The fourth-order valence-corrected chi connectivity index (χ4v) is 4.90. The molecule has 0 saturated carbocycles. The molecule has 11 nitrogen and oxygen atoms in total. The fourth-order valence-electron chi connectivity index (χ4n) is 4.07. The summed E-state index contributed by atoms with van der Waals surface area (Å²) in [6.45, 7) is 9.51. The lowest BCUT2D eigenvalue weighted by atomic mass is 10.1. The molecule has 1 aliphatic rings. The molecule has 1 amide bonds. The van der Waals surface area contributed by atoms with Crippen LogP contribution in [0.1, 0.15) is 19.4 Å². The van der Waals surface area contributed by atoms with Gasteiger partial charge in [-0.15, -0.1) is 0 Å². The molecule has 1 fully saturated rings. The zero-order chi connectivity index (χ0) is 27.5. The van der Waals surface area contributed by atoms with Crippen molar-refractivity contribution in [2.24, 2.45) is 0 Å². The third-order valence-electron chi connectivity index (χ3n) is 6.63. The van der Waals surface area contributed by atoms with E-state index in [9.17, 15) is 4.79 Å². The van der Waals surface area contributed by atoms with Crippen LogP contribution in [0.3, 0.4) is 0 Å². The molecule has 0 bridgehead atoms. The molecule has 1 aliphatic heterocycles. The first-order chi connectivity index (χ1) is 18.8. The third kappa shape index (κ3) is 5.91. The Morgan fingerprint density at radius 3 is 2.62 bits per heavy atom. The average Bonchev–Trinajstić information content (AvgIpc) is 3.56. The van der Waals surface area contributed by atoms with Gasteiger partial charge in [-0.2, -0.15) is 4.98 Å². The Kier molecular flexibility index (Phi) is 7.57. The number of nitrogens with one attached hydrogen (secondary N) is 2. The molecule has 4 N–H and O–H groups in total. The number of anilines is 5. The highest BCUT2D eigenvalue weighted by Crippen LogP contribution is 2.36. The first-order valence-electron chi connectivity index (χ1n) is 12.6. The van der Waals surface area contributed by atoms with E-state index in [2.05, 4.69) is 47.6 Å². The van der Waals surface area contributed by atoms with E-state index in [1.807, 2.05) is 44.2 Å². The van der Waals surface area contributed by atoms with Gasteiger partial charge in [0.2, 0.25) is 5.82 Å². The fraction of sp³-hybridized carbons (Fsp3) is 0.296. The topological polar surface area (TPSA) is 138 Å². The molecule has 0 aliphatic carbocycles. The predicted molar refractivity (Wildman–Crippen MR) is 155 cm³/mol. The number of nitrogens with zero attached hydrogens (tertiary/aromatic N) is 6. The normalized spacial score (nSPS) is 14.5. The summed E-state index contributed by atoms with van der Waals surface area (Å²) in [6, 6.07) is 9.56. The van der Waals surface area contributed by atoms with Crippen LogP contribution in [-0.4, -0.2) is 64.1 Å². The number of allylic oxidation sites excluding steroid dienone is 1. The zero-order valence-corrected chi connectivity index (χ0v) is 23.2. The number of aromatic nitrogens is 4. The minimum absolute atomic E-state index is 0.164. The quantitative estimate of drug-likeness (QED) is 0.284. The van der Waals surface area contributed by atoms with E-state index in [4.69, 9.17) is 10.3 Å². The van der Waals surface area contributed by atoms with E-state index in [1.165, 1.54) is 11.3 Å². The largest absolute Gasteiger partial charge is 0.382 e. The summed E-state index contributed by atoms with van der Waals surface area (Å²) < 4.78 is 5.56. The van der Waals surface area contributed by atoms with Crippen LogP contribution in [0.5, 0.6) is 0 Å². The van der Waals surface area contributed by atoms with E-state index in [0.717, 1.165) is 48.8 Å². The second-order valence-electron chi connectivity index (χ2n) is 9.43. The summed E-state index contributed by atoms with van der Waals surface area (Å²) in [7, 11) is 2.13. The van der Waals surface area contributed by atoms with Crippen LogP contribution in [0, 0.1) is 6.92 Å². The van der Waals surface area contributed by atoms with Gasteiger partial charge in [0.1, 0.15) is 16.5 Å². The summed E-state index contributed by atoms with van der Waals surface area (Å²) in [5.41, 5.74) is 9.98. The number of thiazole rings is 1. The van der Waals surface area contributed by atoms with Crippen LogP contribution in [-0.2, 0) is 4.79 Å². The van der Waals surface area contributed by atoms with Crippen LogP contribution in [0.4, 0.5) is 28.1 Å². The van der Waals surface area contributed by atoms with Gasteiger partial charge in [0, 0.05) is 43.0 Å². The molecule has 202 valence electrons. The van der Waals surface area contributed by atoms with Gasteiger partial charge in [0.25, 0.3) is 11.8 Å². The van der Waals surface area contributed by atoms with Gasteiger partial charge in [-0.05, 0) is 57.6 Å². The van der Waals surface area contributed by atoms with E-state index in [0.29, 0.717) is 32.9 Å². The Hall–Kier alpha value is -4.29. The number of pyridine rings is 1. The van der Waals surface area contributed by atoms with Crippen molar-refractivity contribution in [3.05, 3.63) is 53.7 Å². The summed E-state index contributed by atoms with van der Waals surface area (Å²) in [5.74, 6) is 1.76. The Labute approximate surface area is 230 Å². The first-order valence-corrected chi connectivity index (χ1v) is 13.4. The molecular formula is C27H31N9O2S. The number of benzene rings is 1. The minimum Gasteiger partial charge on any atom is -0.382 e. The van der Waals surface area contributed by atoms with Gasteiger partial charge in [0.15, 0.2) is 5.13 Å². The highest BCUT2D eigenvalue weighted by molar-refractivity contribution is 7.19. The van der Waals surface area contributed by atoms with Gasteiger partial charge < -0.3 is 30.7 Å². The lowest BCUT2D eigenvalue weighted by molar-refractivity contribution is -0.112. The molecule has 4 heterocycles. The molecule has 0 spiro atoms. The molecule has 1 saturated heterocycles. The number of amides is 1. The smallest absolute Gasteiger partial charge is 0.272 e. The van der Waals surface area contributed by atoms with Crippen molar-refractivity contribution in [1.29, 1.82) is 0 Å². The third-order valence-corrected chi connectivity index (χ3v) is 7.60. The lowest BCUT2D eigenvalue weighted by Gasteiger charge is -2.33. The monoisotopic (exact) mass is 545 g/mol. The molecule has 4 aromatic rings. The van der Waals surface area contributed by atoms with Gasteiger partial charge in [-0.1, -0.05) is 28.6 Å². The number of nitrogens with two attached hydrogens (primary N) is 1. The number of rotatable bonds is 7. The second kappa shape index (κ2) is 11.2. The molecule has 5 rings (SSSR count). The number of carbonyl (C=O) groups is 1.